The number of ether oxygens (including phenoxy) is 1. The highest BCUT2D eigenvalue weighted by molar-refractivity contribution is 5.92. The third kappa shape index (κ3) is 3.10. The highest BCUT2D eigenvalue weighted by atomic mass is 16.5. The zero-order valence-corrected chi connectivity index (χ0v) is 9.14. The van der Waals surface area contributed by atoms with Crippen LogP contribution in [0.1, 0.15) is 22.3 Å². The van der Waals surface area contributed by atoms with Gasteiger partial charge in [0.1, 0.15) is 11.3 Å². The minimum Gasteiger partial charge on any atom is -0.507 e. The Labute approximate surface area is 94.3 Å². The topological polar surface area (TPSA) is 72.5 Å². The molecule has 0 aliphatic heterocycles. The van der Waals surface area contributed by atoms with Crippen molar-refractivity contribution in [2.45, 2.75) is 6.42 Å². The van der Waals surface area contributed by atoms with E-state index in [1.165, 1.54) is 19.2 Å². The Balaban J connectivity index is 2.86. The van der Waals surface area contributed by atoms with Crippen molar-refractivity contribution in [1.29, 1.82) is 0 Å². The summed E-state index contributed by atoms with van der Waals surface area (Å²) in [7, 11) is 1.27. The van der Waals surface area contributed by atoms with Gasteiger partial charge in [-0.25, -0.2) is 4.79 Å². The van der Waals surface area contributed by atoms with Crippen molar-refractivity contribution in [2.75, 3.05) is 13.7 Å². The number of phenols is 1. The number of benzene rings is 1. The normalized spacial score (nSPS) is 10.6. The van der Waals surface area contributed by atoms with E-state index in [1.807, 2.05) is 12.2 Å². The molecule has 0 fully saturated rings. The van der Waals surface area contributed by atoms with Crippen LogP contribution in [0.3, 0.4) is 0 Å². The van der Waals surface area contributed by atoms with E-state index in [2.05, 4.69) is 4.74 Å². The van der Waals surface area contributed by atoms with Gasteiger partial charge in [0.05, 0.1) is 7.11 Å². The highest BCUT2D eigenvalue weighted by Crippen LogP contribution is 2.20. The molecule has 0 unspecified atom stereocenters. The van der Waals surface area contributed by atoms with Gasteiger partial charge in [0, 0.05) is 0 Å². The summed E-state index contributed by atoms with van der Waals surface area (Å²) in [6.07, 6.45) is 4.53. The average Bonchev–Trinajstić information content (AvgIpc) is 2.29. The van der Waals surface area contributed by atoms with Crippen LogP contribution in [0.4, 0.5) is 0 Å². The second kappa shape index (κ2) is 5.92. The molecule has 1 rings (SSSR count). The number of aromatic hydroxyl groups is 1. The molecule has 0 saturated heterocycles. The molecule has 0 aliphatic rings. The van der Waals surface area contributed by atoms with Crippen molar-refractivity contribution in [1.82, 2.24) is 0 Å². The van der Waals surface area contributed by atoms with Crippen LogP contribution in [0, 0.1) is 0 Å². The fraction of sp³-hybridized carbons (Fsp3) is 0.250. The van der Waals surface area contributed by atoms with Gasteiger partial charge in [-0.3, -0.25) is 0 Å². The summed E-state index contributed by atoms with van der Waals surface area (Å²) >= 11 is 0. The number of rotatable bonds is 4. The second-order valence-electron chi connectivity index (χ2n) is 3.25. The van der Waals surface area contributed by atoms with E-state index in [0.717, 1.165) is 12.0 Å². The molecular weight excluding hydrogens is 206 g/mol. The quantitative estimate of drug-likeness (QED) is 0.756. The van der Waals surface area contributed by atoms with Crippen LogP contribution in [0.5, 0.6) is 5.75 Å². The Hall–Kier alpha value is -1.81. The molecule has 4 heteroatoms. The molecule has 1 aromatic carbocycles. The molecule has 0 bridgehead atoms. The first-order valence-corrected chi connectivity index (χ1v) is 4.97. The summed E-state index contributed by atoms with van der Waals surface area (Å²) in [6, 6.07) is 4.78. The summed E-state index contributed by atoms with van der Waals surface area (Å²) in [5.74, 6) is -0.628. The zero-order chi connectivity index (χ0) is 12.0. The fourth-order valence-corrected chi connectivity index (χ4v) is 1.25. The lowest BCUT2D eigenvalue weighted by Crippen LogP contribution is -2.01. The standard InChI is InChI=1S/C12H15NO3/c1-16-12(15)10-6-5-9(8-11(10)14)4-2-3-7-13/h2,4-6,8,14H,3,7,13H2,1H3. The number of hydrogen-bond acceptors (Lipinski definition) is 4. The zero-order valence-electron chi connectivity index (χ0n) is 9.14. The Bertz CT molecular complexity index is 399. The van der Waals surface area contributed by atoms with Crippen molar-refractivity contribution < 1.29 is 14.6 Å². The van der Waals surface area contributed by atoms with Crippen molar-refractivity contribution in [3.63, 3.8) is 0 Å². The van der Waals surface area contributed by atoms with Crippen molar-refractivity contribution in [2.24, 2.45) is 5.73 Å². The predicted molar refractivity (Wildman–Crippen MR) is 62.2 cm³/mol. The molecule has 86 valence electrons. The van der Waals surface area contributed by atoms with Gasteiger partial charge in [0.15, 0.2) is 0 Å². The Morgan fingerprint density at radius 1 is 1.56 bits per heavy atom. The van der Waals surface area contributed by atoms with Crippen LogP contribution in [0.25, 0.3) is 6.08 Å². The Kier molecular flexibility index (Phi) is 4.54. The smallest absolute Gasteiger partial charge is 0.341 e. The third-order valence-corrected chi connectivity index (χ3v) is 2.07. The number of methoxy groups -OCH3 is 1. The van der Waals surface area contributed by atoms with Gasteiger partial charge in [-0.2, -0.15) is 0 Å². The first-order chi connectivity index (χ1) is 7.69. The van der Waals surface area contributed by atoms with Crippen molar-refractivity contribution >= 4 is 12.0 Å². The minimum absolute atomic E-state index is 0.0817. The minimum atomic E-state index is -0.546. The van der Waals surface area contributed by atoms with E-state index in [-0.39, 0.29) is 11.3 Å². The molecule has 0 radical (unpaired) electrons. The van der Waals surface area contributed by atoms with Gasteiger partial charge in [-0.05, 0) is 30.7 Å². The van der Waals surface area contributed by atoms with Gasteiger partial charge >= 0.3 is 5.97 Å². The molecule has 0 aliphatic carbocycles. The lowest BCUT2D eigenvalue weighted by molar-refractivity contribution is 0.0597. The molecule has 0 atom stereocenters. The number of phenolic OH excluding ortho intramolecular Hbond substituents is 1. The van der Waals surface area contributed by atoms with Gasteiger partial charge < -0.3 is 15.6 Å². The van der Waals surface area contributed by atoms with Crippen LogP contribution < -0.4 is 5.73 Å². The van der Waals surface area contributed by atoms with Crippen LogP contribution >= 0.6 is 0 Å². The first-order valence-electron chi connectivity index (χ1n) is 4.97. The Morgan fingerprint density at radius 2 is 2.31 bits per heavy atom. The predicted octanol–water partition coefficient (Wildman–Crippen LogP) is 1.54. The van der Waals surface area contributed by atoms with Crippen molar-refractivity contribution in [3.05, 3.63) is 35.4 Å². The summed E-state index contributed by atoms with van der Waals surface area (Å²) in [5, 5.41) is 9.59. The first kappa shape index (κ1) is 12.3. The van der Waals surface area contributed by atoms with Gasteiger partial charge in [0.25, 0.3) is 0 Å². The molecule has 0 heterocycles. The summed E-state index contributed by atoms with van der Waals surface area (Å²) < 4.78 is 4.52. The summed E-state index contributed by atoms with van der Waals surface area (Å²) in [5.41, 5.74) is 6.33. The van der Waals surface area contributed by atoms with Crippen LogP contribution in [-0.4, -0.2) is 24.7 Å². The maximum Gasteiger partial charge on any atom is 0.341 e. The largest absolute Gasteiger partial charge is 0.507 e. The van der Waals surface area contributed by atoms with Gasteiger partial charge in [-0.1, -0.05) is 18.2 Å². The fourth-order valence-electron chi connectivity index (χ4n) is 1.25. The number of nitrogens with two attached hydrogens (primary N) is 1. The van der Waals surface area contributed by atoms with Gasteiger partial charge in [-0.15, -0.1) is 0 Å². The SMILES string of the molecule is COC(=O)c1ccc(C=CCCN)cc1O. The molecule has 0 amide bonds. The summed E-state index contributed by atoms with van der Waals surface area (Å²) in [4.78, 5) is 11.2. The molecular formula is C12H15NO3. The highest BCUT2D eigenvalue weighted by Gasteiger charge is 2.10. The van der Waals surface area contributed by atoms with E-state index < -0.39 is 5.97 Å². The number of hydrogen-bond donors (Lipinski definition) is 2. The molecule has 0 aromatic heterocycles. The van der Waals surface area contributed by atoms with E-state index in [4.69, 9.17) is 5.73 Å². The Morgan fingerprint density at radius 3 is 2.88 bits per heavy atom. The molecule has 0 saturated carbocycles. The number of carbonyl (C=O) groups is 1. The molecule has 0 spiro atoms. The molecule has 1 aromatic rings. The van der Waals surface area contributed by atoms with E-state index >= 15 is 0 Å². The summed E-state index contributed by atoms with van der Waals surface area (Å²) in [6.45, 7) is 0.586. The molecule has 16 heavy (non-hydrogen) atoms. The third-order valence-electron chi connectivity index (χ3n) is 2.07. The van der Waals surface area contributed by atoms with E-state index in [1.54, 1.807) is 6.07 Å². The maximum absolute atomic E-state index is 11.2. The monoisotopic (exact) mass is 221 g/mol. The lowest BCUT2D eigenvalue weighted by Gasteiger charge is -2.03. The van der Waals surface area contributed by atoms with E-state index in [0.29, 0.717) is 6.54 Å². The van der Waals surface area contributed by atoms with Gasteiger partial charge in [0.2, 0.25) is 0 Å². The van der Waals surface area contributed by atoms with Crippen LogP contribution in [-0.2, 0) is 4.74 Å². The molecule has 3 N–H and O–H groups in total. The lowest BCUT2D eigenvalue weighted by atomic mass is 10.1. The number of esters is 1. The average molecular weight is 221 g/mol. The molecule has 4 nitrogen and oxygen atoms in total. The number of carbonyl (C=O) groups excluding carboxylic acids is 1. The van der Waals surface area contributed by atoms with E-state index in [9.17, 15) is 9.90 Å². The maximum atomic E-state index is 11.2. The van der Waals surface area contributed by atoms with Crippen LogP contribution in [0.2, 0.25) is 0 Å². The van der Waals surface area contributed by atoms with Crippen LogP contribution in [0.15, 0.2) is 24.3 Å². The van der Waals surface area contributed by atoms with Crippen molar-refractivity contribution in [3.8, 4) is 5.75 Å². The second-order valence-corrected chi connectivity index (χ2v) is 3.25.